The van der Waals surface area contributed by atoms with Crippen molar-refractivity contribution in [3.8, 4) is 17.1 Å². The molecule has 5 heteroatoms. The largest absolute Gasteiger partial charge is 0.350 e. The maximum Gasteiger partial charge on any atom is 0.290 e. The maximum absolute atomic E-state index is 12.0. The molecule has 0 unspecified atom stereocenters. The zero-order chi connectivity index (χ0) is 15.4. The van der Waals surface area contributed by atoms with Crippen LogP contribution in [0.4, 0.5) is 0 Å². The fourth-order valence-electron chi connectivity index (χ4n) is 2.17. The Kier molecular flexibility index (Phi) is 3.96. The fourth-order valence-corrected chi connectivity index (χ4v) is 2.17. The van der Waals surface area contributed by atoms with Crippen molar-refractivity contribution >= 4 is 5.91 Å². The number of aromatic nitrogens is 3. The number of amides is 1. The van der Waals surface area contributed by atoms with Gasteiger partial charge in [0.15, 0.2) is 5.82 Å². The second-order valence-corrected chi connectivity index (χ2v) is 4.73. The summed E-state index contributed by atoms with van der Waals surface area (Å²) < 4.78 is 1.69. The van der Waals surface area contributed by atoms with E-state index in [2.05, 4.69) is 15.4 Å². The summed E-state index contributed by atoms with van der Waals surface area (Å²) in [6, 6.07) is 19.4. The van der Waals surface area contributed by atoms with E-state index in [0.29, 0.717) is 12.4 Å². The molecule has 22 heavy (non-hydrogen) atoms. The molecule has 5 nitrogen and oxygen atoms in total. The van der Waals surface area contributed by atoms with Crippen LogP contribution >= 0.6 is 0 Å². The highest BCUT2D eigenvalue weighted by molar-refractivity contribution is 5.90. The molecular formula is C17H16N4O. The predicted molar refractivity (Wildman–Crippen MR) is 84.8 cm³/mol. The molecule has 1 heterocycles. The van der Waals surface area contributed by atoms with Gasteiger partial charge in [-0.1, -0.05) is 48.5 Å². The molecule has 3 rings (SSSR count). The SMILES string of the molecule is CCNC(=O)c1nc(-c2ccccc2)n(-c2ccccc2)n1. The lowest BCUT2D eigenvalue weighted by atomic mass is 10.2. The van der Waals surface area contributed by atoms with Gasteiger partial charge in [-0.3, -0.25) is 4.79 Å². The van der Waals surface area contributed by atoms with Crippen LogP contribution < -0.4 is 5.32 Å². The minimum absolute atomic E-state index is 0.171. The molecule has 0 aliphatic heterocycles. The number of para-hydroxylation sites is 1. The number of carbonyl (C=O) groups excluding carboxylic acids is 1. The van der Waals surface area contributed by atoms with E-state index < -0.39 is 0 Å². The number of rotatable bonds is 4. The van der Waals surface area contributed by atoms with E-state index in [0.717, 1.165) is 11.3 Å². The second kappa shape index (κ2) is 6.22. The number of hydrogen-bond acceptors (Lipinski definition) is 3. The summed E-state index contributed by atoms with van der Waals surface area (Å²) in [6.45, 7) is 2.41. The molecule has 0 aliphatic carbocycles. The highest BCUT2D eigenvalue weighted by atomic mass is 16.2. The van der Waals surface area contributed by atoms with Gasteiger partial charge in [-0.15, -0.1) is 5.10 Å². The van der Waals surface area contributed by atoms with Crippen LogP contribution in [0.5, 0.6) is 0 Å². The molecule has 110 valence electrons. The monoisotopic (exact) mass is 292 g/mol. The van der Waals surface area contributed by atoms with Crippen molar-refractivity contribution in [3.63, 3.8) is 0 Å². The standard InChI is InChI=1S/C17H16N4O/c1-2-18-17(22)15-19-16(13-9-5-3-6-10-13)21(20-15)14-11-7-4-8-12-14/h3-12H,2H2,1H3,(H,18,22). The highest BCUT2D eigenvalue weighted by Gasteiger charge is 2.17. The summed E-state index contributed by atoms with van der Waals surface area (Å²) in [7, 11) is 0. The number of benzene rings is 2. The van der Waals surface area contributed by atoms with Crippen LogP contribution in [0.2, 0.25) is 0 Å². The Hall–Kier alpha value is -2.95. The van der Waals surface area contributed by atoms with Gasteiger partial charge in [0.1, 0.15) is 0 Å². The first-order chi connectivity index (χ1) is 10.8. The fraction of sp³-hybridized carbons (Fsp3) is 0.118. The average molecular weight is 292 g/mol. The van der Waals surface area contributed by atoms with Crippen LogP contribution in [0, 0.1) is 0 Å². The normalized spacial score (nSPS) is 10.4. The third kappa shape index (κ3) is 2.74. The molecule has 2 aromatic carbocycles. The molecule has 0 aliphatic rings. The van der Waals surface area contributed by atoms with Crippen molar-refractivity contribution in [2.24, 2.45) is 0 Å². The first kappa shape index (κ1) is 14.0. The Bertz CT molecular complexity index is 709. The van der Waals surface area contributed by atoms with Crippen LogP contribution in [0.15, 0.2) is 60.7 Å². The number of nitrogens with one attached hydrogen (secondary N) is 1. The molecule has 0 atom stereocenters. The van der Waals surface area contributed by atoms with Gasteiger partial charge in [-0.05, 0) is 19.1 Å². The molecule has 3 aromatic rings. The third-order valence-electron chi connectivity index (χ3n) is 3.18. The van der Waals surface area contributed by atoms with Crippen LogP contribution in [-0.2, 0) is 0 Å². The molecule has 0 saturated heterocycles. The molecule has 0 fully saturated rings. The summed E-state index contributed by atoms with van der Waals surface area (Å²) in [6.07, 6.45) is 0. The second-order valence-electron chi connectivity index (χ2n) is 4.73. The van der Waals surface area contributed by atoms with E-state index in [4.69, 9.17) is 0 Å². The minimum atomic E-state index is -0.269. The number of hydrogen-bond donors (Lipinski definition) is 1. The van der Waals surface area contributed by atoms with Crippen molar-refractivity contribution in [2.45, 2.75) is 6.92 Å². The molecular weight excluding hydrogens is 276 g/mol. The van der Waals surface area contributed by atoms with Gasteiger partial charge in [0.25, 0.3) is 5.91 Å². The summed E-state index contributed by atoms with van der Waals surface area (Å²) in [5.74, 6) is 0.548. The lowest BCUT2D eigenvalue weighted by molar-refractivity contribution is 0.0945. The zero-order valence-corrected chi connectivity index (χ0v) is 12.2. The highest BCUT2D eigenvalue weighted by Crippen LogP contribution is 2.20. The molecule has 0 radical (unpaired) electrons. The first-order valence-corrected chi connectivity index (χ1v) is 7.15. The van der Waals surface area contributed by atoms with E-state index in [-0.39, 0.29) is 11.7 Å². The Balaban J connectivity index is 2.12. The lowest BCUT2D eigenvalue weighted by Crippen LogP contribution is -2.24. The number of carbonyl (C=O) groups is 1. The average Bonchev–Trinajstić information content (AvgIpc) is 3.02. The summed E-state index contributed by atoms with van der Waals surface area (Å²) in [5.41, 5.74) is 1.78. The topological polar surface area (TPSA) is 59.8 Å². The Morgan fingerprint density at radius 3 is 2.32 bits per heavy atom. The van der Waals surface area contributed by atoms with Gasteiger partial charge < -0.3 is 5.32 Å². The van der Waals surface area contributed by atoms with Crippen molar-refractivity contribution in [1.29, 1.82) is 0 Å². The molecule has 1 N–H and O–H groups in total. The lowest BCUT2D eigenvalue weighted by Gasteiger charge is -2.05. The van der Waals surface area contributed by atoms with E-state index in [1.165, 1.54) is 0 Å². The molecule has 1 aromatic heterocycles. The maximum atomic E-state index is 12.0. The molecule has 0 spiro atoms. The summed E-state index contributed by atoms with van der Waals surface area (Å²) >= 11 is 0. The summed E-state index contributed by atoms with van der Waals surface area (Å²) in [5, 5.41) is 7.10. The third-order valence-corrected chi connectivity index (χ3v) is 3.18. The van der Waals surface area contributed by atoms with Crippen LogP contribution in [0.25, 0.3) is 17.1 Å². The van der Waals surface area contributed by atoms with Gasteiger partial charge in [0, 0.05) is 12.1 Å². The zero-order valence-electron chi connectivity index (χ0n) is 12.2. The van der Waals surface area contributed by atoms with Crippen LogP contribution in [-0.4, -0.2) is 27.2 Å². The smallest absolute Gasteiger partial charge is 0.290 e. The van der Waals surface area contributed by atoms with Gasteiger partial charge in [0.2, 0.25) is 5.82 Å². The van der Waals surface area contributed by atoms with Crippen LogP contribution in [0.3, 0.4) is 0 Å². The van der Waals surface area contributed by atoms with Gasteiger partial charge in [0.05, 0.1) is 5.69 Å². The minimum Gasteiger partial charge on any atom is -0.350 e. The van der Waals surface area contributed by atoms with Gasteiger partial charge >= 0.3 is 0 Å². The molecule has 1 amide bonds. The van der Waals surface area contributed by atoms with E-state index in [1.54, 1.807) is 4.68 Å². The van der Waals surface area contributed by atoms with Gasteiger partial charge in [-0.2, -0.15) is 0 Å². The molecule has 0 saturated carbocycles. The first-order valence-electron chi connectivity index (χ1n) is 7.15. The predicted octanol–water partition coefficient (Wildman–Crippen LogP) is 2.68. The van der Waals surface area contributed by atoms with E-state index in [1.807, 2.05) is 67.6 Å². The summed E-state index contributed by atoms with van der Waals surface area (Å²) in [4.78, 5) is 16.4. The Morgan fingerprint density at radius 2 is 1.68 bits per heavy atom. The van der Waals surface area contributed by atoms with Crippen molar-refractivity contribution < 1.29 is 4.79 Å². The number of nitrogens with zero attached hydrogens (tertiary/aromatic N) is 3. The van der Waals surface area contributed by atoms with E-state index >= 15 is 0 Å². The van der Waals surface area contributed by atoms with Crippen LogP contribution in [0.1, 0.15) is 17.5 Å². The quantitative estimate of drug-likeness (QED) is 0.804. The van der Waals surface area contributed by atoms with Crippen molar-refractivity contribution in [3.05, 3.63) is 66.5 Å². The van der Waals surface area contributed by atoms with Crippen molar-refractivity contribution in [2.75, 3.05) is 6.54 Å². The Labute approximate surface area is 128 Å². The Morgan fingerprint density at radius 1 is 1.05 bits per heavy atom. The molecule has 0 bridgehead atoms. The van der Waals surface area contributed by atoms with Gasteiger partial charge in [-0.25, -0.2) is 9.67 Å². The van der Waals surface area contributed by atoms with E-state index in [9.17, 15) is 4.79 Å². The van der Waals surface area contributed by atoms with Crippen molar-refractivity contribution in [1.82, 2.24) is 20.1 Å².